The number of fused-ring (bicyclic) bond motifs is 2. The van der Waals surface area contributed by atoms with E-state index in [1.165, 1.54) is 18.0 Å². The third-order valence-electron chi connectivity index (χ3n) is 5.37. The molecule has 8 nitrogen and oxygen atoms in total. The molecule has 0 amide bonds. The van der Waals surface area contributed by atoms with Crippen LogP contribution >= 0.6 is 27.5 Å². The molecule has 1 aliphatic rings. The minimum absolute atomic E-state index is 0.199. The van der Waals surface area contributed by atoms with Gasteiger partial charge in [0, 0.05) is 21.1 Å². The fourth-order valence-corrected chi connectivity index (χ4v) is 4.27. The number of nitrogens with zero attached hydrogens (tertiary/aromatic N) is 3. The highest BCUT2D eigenvalue weighted by Crippen LogP contribution is 2.36. The largest absolute Gasteiger partial charge is 0.493 e. The van der Waals surface area contributed by atoms with Crippen LogP contribution in [0.1, 0.15) is 17.0 Å². The topological polar surface area (TPSA) is 84.2 Å². The Labute approximate surface area is 213 Å². The van der Waals surface area contributed by atoms with Gasteiger partial charge in [0.15, 0.2) is 23.0 Å². The molecule has 0 bridgehead atoms. The fraction of sp³-hybridized carbons (Fsp3) is 0.160. The number of rotatable bonds is 6. The molecule has 10 heteroatoms. The molecule has 35 heavy (non-hydrogen) atoms. The van der Waals surface area contributed by atoms with E-state index in [0.29, 0.717) is 50.3 Å². The van der Waals surface area contributed by atoms with Gasteiger partial charge in [-0.1, -0.05) is 33.6 Å². The van der Waals surface area contributed by atoms with Crippen LogP contribution in [0.25, 0.3) is 10.9 Å². The normalized spacial score (nSPS) is 12.5. The van der Waals surface area contributed by atoms with Crippen LogP contribution in [0.5, 0.6) is 23.0 Å². The molecule has 0 aliphatic carbocycles. The number of methoxy groups -OCH3 is 1. The van der Waals surface area contributed by atoms with E-state index >= 15 is 0 Å². The molecule has 0 spiro atoms. The van der Waals surface area contributed by atoms with Crippen molar-refractivity contribution in [2.75, 3.05) is 13.9 Å². The van der Waals surface area contributed by atoms with E-state index in [9.17, 15) is 4.79 Å². The van der Waals surface area contributed by atoms with Gasteiger partial charge in [-0.15, -0.1) is 0 Å². The molecular weight excluding hydrogens is 538 g/mol. The van der Waals surface area contributed by atoms with Crippen LogP contribution in [0.4, 0.5) is 0 Å². The molecule has 1 aromatic heterocycles. The second-order valence-electron chi connectivity index (χ2n) is 7.68. The van der Waals surface area contributed by atoms with Crippen molar-refractivity contribution in [3.05, 3.63) is 85.3 Å². The van der Waals surface area contributed by atoms with E-state index in [2.05, 4.69) is 26.0 Å². The Hall–Kier alpha value is -3.56. The molecule has 5 rings (SSSR count). The third-order valence-corrected chi connectivity index (χ3v) is 6.08. The lowest BCUT2D eigenvalue weighted by atomic mass is 10.2. The maximum atomic E-state index is 13.1. The minimum Gasteiger partial charge on any atom is -0.493 e. The zero-order valence-electron chi connectivity index (χ0n) is 18.7. The second-order valence-corrected chi connectivity index (χ2v) is 9.04. The maximum Gasteiger partial charge on any atom is 0.282 e. The number of ether oxygens (including phenoxy) is 4. The molecule has 0 saturated carbocycles. The summed E-state index contributed by atoms with van der Waals surface area (Å²) in [6.07, 6.45) is 1.50. The summed E-state index contributed by atoms with van der Waals surface area (Å²) in [6, 6.07) is 14.3. The number of aromatic nitrogens is 2. The summed E-state index contributed by atoms with van der Waals surface area (Å²) >= 11 is 9.71. The Morgan fingerprint density at radius 3 is 2.83 bits per heavy atom. The Balaban J connectivity index is 1.50. The first-order chi connectivity index (χ1) is 16.9. The van der Waals surface area contributed by atoms with Crippen molar-refractivity contribution in [3.8, 4) is 23.0 Å². The molecule has 0 N–H and O–H groups in total. The highest BCUT2D eigenvalue weighted by atomic mass is 79.9. The van der Waals surface area contributed by atoms with Crippen LogP contribution in [0.15, 0.2) is 62.9 Å². The van der Waals surface area contributed by atoms with Crippen molar-refractivity contribution in [1.29, 1.82) is 0 Å². The molecule has 0 saturated heterocycles. The van der Waals surface area contributed by atoms with Crippen LogP contribution in [-0.4, -0.2) is 29.8 Å². The summed E-state index contributed by atoms with van der Waals surface area (Å²) < 4.78 is 24.4. The zero-order chi connectivity index (χ0) is 24.5. The Bertz CT molecular complexity index is 1540. The first-order valence-electron chi connectivity index (χ1n) is 10.5. The van der Waals surface area contributed by atoms with Gasteiger partial charge in [-0.05, 0) is 48.9 Å². The Morgan fingerprint density at radius 1 is 1.17 bits per heavy atom. The van der Waals surface area contributed by atoms with E-state index in [-0.39, 0.29) is 19.0 Å². The number of aryl methyl sites for hydroxylation is 1. The lowest BCUT2D eigenvalue weighted by molar-refractivity contribution is 0.174. The lowest BCUT2D eigenvalue weighted by Crippen LogP contribution is -2.20. The molecule has 0 unspecified atom stereocenters. The van der Waals surface area contributed by atoms with Crippen LogP contribution < -0.4 is 24.5 Å². The summed E-state index contributed by atoms with van der Waals surface area (Å²) in [5, 5.41) is 5.29. The highest BCUT2D eigenvalue weighted by Gasteiger charge is 2.16. The predicted octanol–water partition coefficient (Wildman–Crippen LogP) is 5.32. The molecule has 0 fully saturated rings. The number of halogens is 2. The first kappa shape index (κ1) is 23.2. The standard InChI is InChI=1S/C25H19BrClN3O5/c1-14-29-20-5-4-17(26)9-19(20)25(31)30(14)28-11-16-8-18(27)10-23(32-2)24(16)33-12-15-3-6-21-22(7-15)35-13-34-21/h3-11H,12-13H2,1-2H3. The molecule has 1 aliphatic heterocycles. The van der Waals surface area contributed by atoms with E-state index in [1.807, 2.05) is 24.3 Å². The Morgan fingerprint density at radius 2 is 2.00 bits per heavy atom. The molecule has 4 aromatic rings. The molecule has 3 aromatic carbocycles. The minimum atomic E-state index is -0.290. The summed E-state index contributed by atoms with van der Waals surface area (Å²) in [6.45, 7) is 2.15. The van der Waals surface area contributed by atoms with Gasteiger partial charge in [0.25, 0.3) is 5.56 Å². The van der Waals surface area contributed by atoms with Crippen molar-refractivity contribution in [3.63, 3.8) is 0 Å². The van der Waals surface area contributed by atoms with E-state index < -0.39 is 0 Å². The highest BCUT2D eigenvalue weighted by molar-refractivity contribution is 9.10. The second kappa shape index (κ2) is 9.59. The van der Waals surface area contributed by atoms with E-state index in [0.717, 1.165) is 10.0 Å². The van der Waals surface area contributed by atoms with Gasteiger partial charge in [-0.3, -0.25) is 4.79 Å². The van der Waals surface area contributed by atoms with Gasteiger partial charge in [0.1, 0.15) is 12.4 Å². The van der Waals surface area contributed by atoms with Crippen LogP contribution in [0.3, 0.4) is 0 Å². The summed E-state index contributed by atoms with van der Waals surface area (Å²) in [7, 11) is 1.53. The number of benzene rings is 3. The van der Waals surface area contributed by atoms with Gasteiger partial charge in [0.2, 0.25) is 6.79 Å². The van der Waals surface area contributed by atoms with Crippen molar-refractivity contribution in [1.82, 2.24) is 9.66 Å². The van der Waals surface area contributed by atoms with Crippen molar-refractivity contribution in [2.24, 2.45) is 5.10 Å². The van der Waals surface area contributed by atoms with Crippen molar-refractivity contribution >= 4 is 44.6 Å². The molecular formula is C25H19BrClN3O5. The maximum absolute atomic E-state index is 13.1. The van der Waals surface area contributed by atoms with Crippen LogP contribution in [-0.2, 0) is 6.61 Å². The van der Waals surface area contributed by atoms with Gasteiger partial charge < -0.3 is 18.9 Å². The third kappa shape index (κ3) is 4.69. The first-order valence-corrected chi connectivity index (χ1v) is 11.7. The molecule has 2 heterocycles. The average molecular weight is 557 g/mol. The van der Waals surface area contributed by atoms with Crippen LogP contribution in [0, 0.1) is 6.92 Å². The van der Waals surface area contributed by atoms with Crippen molar-refractivity contribution in [2.45, 2.75) is 13.5 Å². The fourth-order valence-electron chi connectivity index (χ4n) is 3.69. The quantitative estimate of drug-likeness (QED) is 0.299. The van der Waals surface area contributed by atoms with Gasteiger partial charge in [-0.2, -0.15) is 9.78 Å². The number of hydrogen-bond donors (Lipinski definition) is 0. The van der Waals surface area contributed by atoms with Gasteiger partial charge >= 0.3 is 0 Å². The summed E-state index contributed by atoms with van der Waals surface area (Å²) in [5.74, 6) is 2.67. The average Bonchev–Trinajstić information content (AvgIpc) is 3.31. The predicted molar refractivity (Wildman–Crippen MR) is 136 cm³/mol. The van der Waals surface area contributed by atoms with Gasteiger partial charge in [-0.25, -0.2) is 4.98 Å². The molecule has 0 radical (unpaired) electrons. The lowest BCUT2D eigenvalue weighted by Gasteiger charge is -2.14. The van der Waals surface area contributed by atoms with Crippen molar-refractivity contribution < 1.29 is 18.9 Å². The zero-order valence-corrected chi connectivity index (χ0v) is 21.1. The van der Waals surface area contributed by atoms with E-state index in [4.69, 9.17) is 30.5 Å². The SMILES string of the molecule is COc1cc(Cl)cc(C=Nn2c(C)nc3ccc(Br)cc3c2=O)c1OCc1ccc2c(c1)OCO2. The monoisotopic (exact) mass is 555 g/mol. The van der Waals surface area contributed by atoms with Crippen LogP contribution in [0.2, 0.25) is 5.02 Å². The summed E-state index contributed by atoms with van der Waals surface area (Å²) in [4.78, 5) is 17.6. The summed E-state index contributed by atoms with van der Waals surface area (Å²) in [5.41, 5.74) is 1.72. The Kier molecular flexibility index (Phi) is 6.36. The van der Waals surface area contributed by atoms with Gasteiger partial charge in [0.05, 0.1) is 24.2 Å². The smallest absolute Gasteiger partial charge is 0.282 e. The number of hydrogen-bond acceptors (Lipinski definition) is 7. The van der Waals surface area contributed by atoms with E-state index in [1.54, 1.807) is 31.2 Å². The molecule has 178 valence electrons. The molecule has 0 atom stereocenters.